The van der Waals surface area contributed by atoms with E-state index >= 15 is 0 Å². The Balaban J connectivity index is 1.91. The monoisotopic (exact) mass is 266 g/mol. The van der Waals surface area contributed by atoms with Gasteiger partial charge in [0.1, 0.15) is 0 Å². The number of hydrogen-bond donors (Lipinski definition) is 2. The highest BCUT2D eigenvalue weighted by atomic mass is 16.2. The lowest BCUT2D eigenvalue weighted by molar-refractivity contribution is 0.255. The van der Waals surface area contributed by atoms with Gasteiger partial charge in [-0.15, -0.1) is 0 Å². The van der Waals surface area contributed by atoms with Crippen LogP contribution in [-0.2, 0) is 0 Å². The predicted molar refractivity (Wildman–Crippen MR) is 83.5 cm³/mol. The van der Waals surface area contributed by atoms with Crippen LogP contribution in [0.2, 0.25) is 0 Å². The van der Waals surface area contributed by atoms with Gasteiger partial charge in [-0.1, -0.05) is 36.4 Å². The number of benzene rings is 2. The van der Waals surface area contributed by atoms with Gasteiger partial charge in [0, 0.05) is 11.9 Å². The molecule has 2 aromatic rings. The molecule has 2 aromatic carbocycles. The molecule has 2 amide bonds. The largest absolute Gasteiger partial charge is 0.323 e. The van der Waals surface area contributed by atoms with Crippen LogP contribution in [0.3, 0.4) is 0 Å². The van der Waals surface area contributed by atoms with Gasteiger partial charge in [0.2, 0.25) is 0 Å². The van der Waals surface area contributed by atoms with Crippen LogP contribution in [0.25, 0.3) is 6.08 Å². The van der Waals surface area contributed by atoms with Crippen LogP contribution in [0.15, 0.2) is 54.7 Å². The number of carbonyl (C=O) groups is 1. The first-order valence-corrected chi connectivity index (χ1v) is 6.51. The fourth-order valence-electron chi connectivity index (χ4n) is 1.87. The third-order valence-corrected chi connectivity index (χ3v) is 2.94. The summed E-state index contributed by atoms with van der Waals surface area (Å²) in [6.07, 6.45) is 3.53. The highest BCUT2D eigenvalue weighted by Gasteiger charge is 1.99. The molecular formula is C17H18N2O. The first-order chi connectivity index (χ1) is 9.65. The van der Waals surface area contributed by atoms with Crippen molar-refractivity contribution in [3.63, 3.8) is 0 Å². The van der Waals surface area contributed by atoms with Crippen molar-refractivity contribution in [3.05, 3.63) is 71.4 Å². The molecule has 0 saturated heterocycles. The van der Waals surface area contributed by atoms with Crippen LogP contribution in [0.5, 0.6) is 0 Å². The molecule has 2 N–H and O–H groups in total. The second-order valence-corrected chi connectivity index (χ2v) is 4.66. The summed E-state index contributed by atoms with van der Waals surface area (Å²) in [5.74, 6) is 0. The molecule has 0 aromatic heterocycles. The summed E-state index contributed by atoms with van der Waals surface area (Å²) >= 11 is 0. The number of hydrogen-bond acceptors (Lipinski definition) is 1. The quantitative estimate of drug-likeness (QED) is 0.863. The summed E-state index contributed by atoms with van der Waals surface area (Å²) in [6, 6.07) is 15.4. The van der Waals surface area contributed by atoms with Crippen molar-refractivity contribution in [1.82, 2.24) is 5.32 Å². The molecule has 0 aliphatic heterocycles. The molecule has 0 aliphatic carbocycles. The normalized spacial score (nSPS) is 10.5. The van der Waals surface area contributed by atoms with Gasteiger partial charge < -0.3 is 10.6 Å². The topological polar surface area (TPSA) is 41.1 Å². The Hall–Kier alpha value is -2.55. The average molecular weight is 266 g/mol. The standard InChI is InChI=1S/C17H18N2O/c1-13-6-5-9-16(12-13)19-17(20)18-11-10-15-8-4-3-7-14(15)2/h3-12H,1-2H3,(H2,18,19,20)/b11-10+. The van der Waals surface area contributed by atoms with E-state index in [2.05, 4.69) is 10.6 Å². The third kappa shape index (κ3) is 3.99. The molecule has 0 radical (unpaired) electrons. The van der Waals surface area contributed by atoms with Gasteiger partial charge in [-0.2, -0.15) is 0 Å². The summed E-state index contributed by atoms with van der Waals surface area (Å²) in [6.45, 7) is 4.02. The maximum absolute atomic E-state index is 11.7. The van der Waals surface area contributed by atoms with Crippen molar-refractivity contribution < 1.29 is 4.79 Å². The number of carbonyl (C=O) groups excluding carboxylic acids is 1. The number of aryl methyl sites for hydroxylation is 2. The van der Waals surface area contributed by atoms with E-state index in [4.69, 9.17) is 0 Å². The molecule has 0 bridgehead atoms. The fraction of sp³-hybridized carbons (Fsp3) is 0.118. The predicted octanol–water partition coefficient (Wildman–Crippen LogP) is 4.10. The molecule has 2 rings (SSSR count). The number of nitrogens with one attached hydrogen (secondary N) is 2. The molecule has 102 valence electrons. The second-order valence-electron chi connectivity index (χ2n) is 4.66. The minimum absolute atomic E-state index is 0.250. The molecule has 0 fully saturated rings. The first kappa shape index (κ1) is 13.9. The maximum atomic E-state index is 11.7. The summed E-state index contributed by atoms with van der Waals surface area (Å²) in [7, 11) is 0. The Morgan fingerprint density at radius 3 is 2.60 bits per heavy atom. The lowest BCUT2D eigenvalue weighted by Crippen LogP contribution is -2.23. The number of urea groups is 1. The molecule has 3 nitrogen and oxygen atoms in total. The van der Waals surface area contributed by atoms with Gasteiger partial charge >= 0.3 is 6.03 Å². The Kier molecular flexibility index (Phi) is 4.56. The lowest BCUT2D eigenvalue weighted by atomic mass is 10.1. The fourth-order valence-corrected chi connectivity index (χ4v) is 1.87. The Labute approximate surface area is 119 Å². The minimum atomic E-state index is -0.250. The van der Waals surface area contributed by atoms with E-state index in [1.54, 1.807) is 6.20 Å². The third-order valence-electron chi connectivity index (χ3n) is 2.94. The number of anilines is 1. The summed E-state index contributed by atoms with van der Waals surface area (Å²) in [5, 5.41) is 5.48. The Morgan fingerprint density at radius 2 is 1.85 bits per heavy atom. The van der Waals surface area contributed by atoms with Crippen molar-refractivity contribution in [2.45, 2.75) is 13.8 Å². The highest BCUT2D eigenvalue weighted by molar-refractivity contribution is 5.90. The Bertz CT molecular complexity index is 632. The molecule has 0 saturated carbocycles. The first-order valence-electron chi connectivity index (χ1n) is 6.51. The van der Waals surface area contributed by atoms with Crippen molar-refractivity contribution in [2.24, 2.45) is 0 Å². The minimum Gasteiger partial charge on any atom is -0.314 e. The van der Waals surface area contributed by atoms with Crippen molar-refractivity contribution in [2.75, 3.05) is 5.32 Å². The summed E-state index contributed by atoms with van der Waals surface area (Å²) < 4.78 is 0. The SMILES string of the molecule is Cc1cccc(NC(=O)N/C=C/c2ccccc2C)c1. The molecule has 0 aliphatic rings. The van der Waals surface area contributed by atoms with Gasteiger partial charge in [-0.05, 0) is 48.7 Å². The molecule has 3 heteroatoms. The van der Waals surface area contributed by atoms with E-state index in [1.807, 2.05) is 68.5 Å². The van der Waals surface area contributed by atoms with Crippen LogP contribution in [0.4, 0.5) is 10.5 Å². The number of amides is 2. The van der Waals surface area contributed by atoms with Crippen LogP contribution >= 0.6 is 0 Å². The van der Waals surface area contributed by atoms with Crippen LogP contribution in [-0.4, -0.2) is 6.03 Å². The second kappa shape index (κ2) is 6.57. The Morgan fingerprint density at radius 1 is 1.05 bits per heavy atom. The maximum Gasteiger partial charge on any atom is 0.323 e. The zero-order valence-corrected chi connectivity index (χ0v) is 11.7. The van der Waals surface area contributed by atoms with Gasteiger partial charge in [0.25, 0.3) is 0 Å². The molecule has 0 unspecified atom stereocenters. The van der Waals surface area contributed by atoms with E-state index < -0.39 is 0 Å². The van der Waals surface area contributed by atoms with E-state index in [0.29, 0.717) is 0 Å². The van der Waals surface area contributed by atoms with E-state index in [9.17, 15) is 4.79 Å². The molecule has 0 spiro atoms. The zero-order chi connectivity index (χ0) is 14.4. The number of rotatable bonds is 3. The molecule has 0 heterocycles. The van der Waals surface area contributed by atoms with Gasteiger partial charge in [0.15, 0.2) is 0 Å². The van der Waals surface area contributed by atoms with Crippen molar-refractivity contribution >= 4 is 17.8 Å². The smallest absolute Gasteiger partial charge is 0.314 e. The van der Waals surface area contributed by atoms with E-state index in [1.165, 1.54) is 5.56 Å². The van der Waals surface area contributed by atoms with Crippen molar-refractivity contribution in [3.8, 4) is 0 Å². The van der Waals surface area contributed by atoms with Crippen LogP contribution < -0.4 is 10.6 Å². The summed E-state index contributed by atoms with van der Waals surface area (Å²) in [4.78, 5) is 11.7. The van der Waals surface area contributed by atoms with Crippen LogP contribution in [0.1, 0.15) is 16.7 Å². The van der Waals surface area contributed by atoms with Gasteiger partial charge in [0.05, 0.1) is 0 Å². The molecule has 20 heavy (non-hydrogen) atoms. The molecular weight excluding hydrogens is 248 g/mol. The highest BCUT2D eigenvalue weighted by Crippen LogP contribution is 2.10. The van der Waals surface area contributed by atoms with Gasteiger partial charge in [-0.3, -0.25) is 0 Å². The molecule has 0 atom stereocenters. The van der Waals surface area contributed by atoms with Gasteiger partial charge in [-0.25, -0.2) is 4.79 Å². The average Bonchev–Trinajstić information content (AvgIpc) is 2.41. The summed E-state index contributed by atoms with van der Waals surface area (Å²) in [5.41, 5.74) is 4.15. The van der Waals surface area contributed by atoms with Crippen LogP contribution in [0, 0.1) is 13.8 Å². The lowest BCUT2D eigenvalue weighted by Gasteiger charge is -2.05. The van der Waals surface area contributed by atoms with E-state index in [-0.39, 0.29) is 6.03 Å². The van der Waals surface area contributed by atoms with E-state index in [0.717, 1.165) is 16.8 Å². The van der Waals surface area contributed by atoms with Crippen molar-refractivity contribution in [1.29, 1.82) is 0 Å². The zero-order valence-electron chi connectivity index (χ0n) is 11.7.